The Labute approximate surface area is 89.3 Å². The van der Waals surface area contributed by atoms with Crippen LogP contribution >= 0.6 is 18.0 Å². The average Bonchev–Trinajstić information content (AvgIpc) is 2.20. The molecule has 0 saturated heterocycles. The summed E-state index contributed by atoms with van der Waals surface area (Å²) in [5.74, 6) is 0.798. The van der Waals surface area contributed by atoms with Crippen LogP contribution in [0.15, 0.2) is 30.3 Å². The first-order valence-electron chi connectivity index (χ1n) is 4.67. The van der Waals surface area contributed by atoms with E-state index in [1.807, 2.05) is 44.2 Å². The highest BCUT2D eigenvalue weighted by Gasteiger charge is 2.24. The molecule has 0 aliphatic heterocycles. The van der Waals surface area contributed by atoms with Gasteiger partial charge in [-0.2, -0.15) is 0 Å². The summed E-state index contributed by atoms with van der Waals surface area (Å²) in [5, 5.41) is 0.800. The lowest BCUT2D eigenvalue weighted by atomic mass is 10.4. The van der Waals surface area contributed by atoms with Crippen molar-refractivity contribution >= 4 is 23.3 Å². The first kappa shape index (κ1) is 11.8. The summed E-state index contributed by atoms with van der Waals surface area (Å²) < 4.78 is 17.7. The summed E-state index contributed by atoms with van der Waals surface area (Å²) in [6.45, 7) is 1.68. The lowest BCUT2D eigenvalue weighted by Gasteiger charge is -2.15. The maximum atomic E-state index is 12.4. The maximum absolute atomic E-state index is 12.4. The zero-order chi connectivity index (χ0) is 10.4. The lowest BCUT2D eigenvalue weighted by Crippen LogP contribution is -2.04. The van der Waals surface area contributed by atoms with E-state index < -0.39 is 6.57 Å². The van der Waals surface area contributed by atoms with Crippen molar-refractivity contribution in [2.45, 2.75) is 13.8 Å². The molecule has 0 spiro atoms. The quantitative estimate of drug-likeness (QED) is 0.577. The fourth-order valence-electron chi connectivity index (χ4n) is 1.14. The molecule has 78 valence electrons. The van der Waals surface area contributed by atoms with Crippen molar-refractivity contribution in [1.82, 2.24) is 0 Å². The Balaban J connectivity index is 2.94. The maximum Gasteiger partial charge on any atom is 0.287 e. The van der Waals surface area contributed by atoms with Gasteiger partial charge in [0.2, 0.25) is 0 Å². The number of benzene rings is 1. The second kappa shape index (κ2) is 5.59. The second-order valence-corrected chi connectivity index (χ2v) is 7.49. The predicted octanol–water partition coefficient (Wildman–Crippen LogP) is 3.29. The smallest absolute Gasteiger partial charge is 0.287 e. The van der Waals surface area contributed by atoms with Gasteiger partial charge in [0.15, 0.2) is 0 Å². The molecule has 0 amide bonds. The molecule has 0 saturated carbocycles. The van der Waals surface area contributed by atoms with Crippen molar-refractivity contribution in [1.29, 1.82) is 0 Å². The van der Waals surface area contributed by atoms with Gasteiger partial charge in [0, 0.05) is 5.30 Å². The van der Waals surface area contributed by atoms with E-state index in [-0.39, 0.29) is 0 Å². The molecule has 0 bridgehead atoms. The highest BCUT2D eigenvalue weighted by Crippen LogP contribution is 2.58. The molecule has 1 aromatic rings. The van der Waals surface area contributed by atoms with E-state index in [1.165, 1.54) is 11.4 Å². The van der Waals surface area contributed by atoms with Crippen LogP contribution in [0.2, 0.25) is 0 Å². The largest absolute Gasteiger partial charge is 0.318 e. The van der Waals surface area contributed by atoms with Crippen LogP contribution in [0.1, 0.15) is 13.8 Å². The minimum atomic E-state index is -2.66. The normalized spacial score (nSPS) is 15.0. The molecular weight excluding hydrogens is 219 g/mol. The second-order valence-electron chi connectivity index (χ2n) is 2.67. The molecule has 0 N–H and O–H groups in total. The van der Waals surface area contributed by atoms with Gasteiger partial charge in [-0.05, 0) is 24.8 Å². The molecule has 1 unspecified atom stereocenters. The highest BCUT2D eigenvalue weighted by molar-refractivity contribution is 8.58. The first-order valence-corrected chi connectivity index (χ1v) is 7.89. The van der Waals surface area contributed by atoms with Crippen LogP contribution < -0.4 is 5.30 Å². The van der Waals surface area contributed by atoms with Gasteiger partial charge in [-0.25, -0.2) is 0 Å². The predicted molar refractivity (Wildman–Crippen MR) is 63.4 cm³/mol. The van der Waals surface area contributed by atoms with Crippen LogP contribution in [0.25, 0.3) is 0 Å². The van der Waals surface area contributed by atoms with E-state index in [9.17, 15) is 4.57 Å². The van der Waals surface area contributed by atoms with Crippen LogP contribution in [-0.2, 0) is 9.09 Å². The number of hydrogen-bond donors (Lipinski definition) is 0. The van der Waals surface area contributed by atoms with E-state index >= 15 is 0 Å². The van der Waals surface area contributed by atoms with Gasteiger partial charge >= 0.3 is 0 Å². The molecule has 0 heterocycles. The Kier molecular flexibility index (Phi) is 4.73. The van der Waals surface area contributed by atoms with Gasteiger partial charge < -0.3 is 4.52 Å². The summed E-state index contributed by atoms with van der Waals surface area (Å²) in [4.78, 5) is 0. The van der Waals surface area contributed by atoms with Gasteiger partial charge in [-0.3, -0.25) is 4.57 Å². The topological polar surface area (TPSA) is 26.3 Å². The molecule has 4 heteroatoms. The minimum Gasteiger partial charge on any atom is -0.318 e. The standard InChI is InChI=1S/C10H15O2PS/c1-3-12-13(11,14-4-2)10-8-6-5-7-9-10/h5-9H,3-4H2,1-2H3/i11+2,12+2. The molecule has 1 atom stereocenters. The van der Waals surface area contributed by atoms with Crippen LogP contribution in [0.5, 0.6) is 0 Å². The molecule has 1 aromatic carbocycles. The minimum absolute atomic E-state index is 0.485. The van der Waals surface area contributed by atoms with Crippen molar-refractivity contribution in [2.75, 3.05) is 12.4 Å². The fraction of sp³-hybridized carbons (Fsp3) is 0.400. The van der Waals surface area contributed by atoms with Crippen molar-refractivity contribution < 1.29 is 9.09 Å². The third kappa shape index (κ3) is 2.88. The van der Waals surface area contributed by atoms with Gasteiger partial charge in [0.05, 0.1) is 6.61 Å². The van der Waals surface area contributed by atoms with Gasteiger partial charge in [-0.1, -0.05) is 36.5 Å². The lowest BCUT2D eigenvalue weighted by molar-refractivity contribution is 0.353. The molecule has 0 radical (unpaired) electrons. The Bertz CT molecular complexity index is 303. The van der Waals surface area contributed by atoms with E-state index in [1.54, 1.807) is 0 Å². The first-order chi connectivity index (χ1) is 6.73. The number of hydrogen-bond acceptors (Lipinski definition) is 3. The summed E-state index contributed by atoms with van der Waals surface area (Å²) in [5.41, 5.74) is 0. The average molecular weight is 234 g/mol. The third-order valence-electron chi connectivity index (χ3n) is 1.67. The van der Waals surface area contributed by atoms with Crippen LogP contribution in [-0.4, -0.2) is 12.4 Å². The zero-order valence-corrected chi connectivity index (χ0v) is 10.2. The van der Waals surface area contributed by atoms with E-state index in [4.69, 9.17) is 4.52 Å². The van der Waals surface area contributed by atoms with E-state index in [0.717, 1.165) is 11.1 Å². The van der Waals surface area contributed by atoms with Gasteiger partial charge in [0.25, 0.3) is 6.57 Å². The Hall–Kier alpha value is -0.240. The van der Waals surface area contributed by atoms with Crippen LogP contribution in [0, 0.1) is 0 Å². The number of rotatable bonds is 5. The molecule has 0 aliphatic rings. The summed E-state index contributed by atoms with van der Waals surface area (Å²) in [6, 6.07) is 9.41. The van der Waals surface area contributed by atoms with E-state index in [2.05, 4.69) is 0 Å². The summed E-state index contributed by atoms with van der Waals surface area (Å²) in [6.07, 6.45) is 0. The van der Waals surface area contributed by atoms with E-state index in [0.29, 0.717) is 6.61 Å². The molecule has 2 nitrogen and oxygen atoms in total. The van der Waals surface area contributed by atoms with Crippen molar-refractivity contribution in [3.05, 3.63) is 30.3 Å². The van der Waals surface area contributed by atoms with Crippen molar-refractivity contribution in [3.63, 3.8) is 0 Å². The molecule has 0 aliphatic carbocycles. The Morgan fingerprint density at radius 2 is 1.93 bits per heavy atom. The summed E-state index contributed by atoms with van der Waals surface area (Å²) >= 11 is 1.39. The monoisotopic (exact) mass is 234 g/mol. The molecule has 1 rings (SSSR count). The SMILES string of the molecule is CC[18O]P(=[18O])(SCC)c1ccccc1. The Morgan fingerprint density at radius 1 is 1.29 bits per heavy atom. The third-order valence-corrected chi connectivity index (χ3v) is 6.54. The van der Waals surface area contributed by atoms with Crippen LogP contribution in [0.4, 0.5) is 0 Å². The van der Waals surface area contributed by atoms with Crippen molar-refractivity contribution in [3.8, 4) is 0 Å². The van der Waals surface area contributed by atoms with Gasteiger partial charge in [0.1, 0.15) is 0 Å². The fourth-order valence-corrected chi connectivity index (χ4v) is 5.10. The molecular formula is C10H15O2PS. The Morgan fingerprint density at radius 3 is 2.43 bits per heavy atom. The zero-order valence-electron chi connectivity index (χ0n) is 8.47. The van der Waals surface area contributed by atoms with Crippen molar-refractivity contribution in [2.24, 2.45) is 0 Å². The highest BCUT2D eigenvalue weighted by atomic mass is 32.7. The molecule has 0 fully saturated rings. The summed E-state index contributed by atoms with van der Waals surface area (Å²) in [7, 11) is 0. The molecule has 0 aromatic heterocycles. The van der Waals surface area contributed by atoms with Crippen LogP contribution in [0.3, 0.4) is 0 Å². The van der Waals surface area contributed by atoms with Gasteiger partial charge in [-0.15, -0.1) is 0 Å². The molecule has 14 heavy (non-hydrogen) atoms.